The first-order valence-electron chi connectivity index (χ1n) is 7.35. The molecule has 6 nitrogen and oxygen atoms in total. The standard InChI is InChI=1S/C16H16FN3O3/c17-11-2-4-12-10(7-11)1-3-13(12)15(21)18-5-6-20-8-14(16(22)23)19-9-20/h2,4,7-9,13H,1,3,5-6H2,(H,18,21)(H,22,23). The second-order valence-electron chi connectivity index (χ2n) is 5.53. The molecule has 120 valence electrons. The Balaban J connectivity index is 1.55. The molecule has 2 aromatic rings. The molecule has 1 aromatic carbocycles. The zero-order valence-electron chi connectivity index (χ0n) is 12.3. The number of amides is 1. The van der Waals surface area contributed by atoms with Gasteiger partial charge in [0.1, 0.15) is 5.82 Å². The number of halogens is 1. The fourth-order valence-corrected chi connectivity index (χ4v) is 2.88. The molecule has 1 aromatic heterocycles. The number of imidazole rings is 1. The van der Waals surface area contributed by atoms with Gasteiger partial charge >= 0.3 is 5.97 Å². The SMILES string of the molecule is O=C(O)c1cn(CCNC(=O)C2CCc3cc(F)ccc32)cn1. The van der Waals surface area contributed by atoms with Crippen LogP contribution in [-0.4, -0.2) is 33.1 Å². The third-order valence-electron chi connectivity index (χ3n) is 4.02. The summed E-state index contributed by atoms with van der Waals surface area (Å²) in [5.41, 5.74) is 1.76. The Bertz CT molecular complexity index is 757. The summed E-state index contributed by atoms with van der Waals surface area (Å²) in [5, 5.41) is 11.6. The number of carboxylic acid groups (broad SMARTS) is 1. The Morgan fingerprint density at radius 3 is 3.00 bits per heavy atom. The highest BCUT2D eigenvalue weighted by Crippen LogP contribution is 2.33. The first kappa shape index (κ1) is 15.2. The number of carbonyl (C=O) groups is 2. The van der Waals surface area contributed by atoms with Crippen LogP contribution < -0.4 is 5.32 Å². The number of aromatic nitrogens is 2. The van der Waals surface area contributed by atoms with Crippen LogP contribution in [0.3, 0.4) is 0 Å². The summed E-state index contributed by atoms with van der Waals surface area (Å²) < 4.78 is 14.8. The van der Waals surface area contributed by atoms with Gasteiger partial charge in [0.15, 0.2) is 5.69 Å². The van der Waals surface area contributed by atoms with Crippen molar-refractivity contribution >= 4 is 11.9 Å². The maximum atomic E-state index is 13.2. The largest absolute Gasteiger partial charge is 0.476 e. The molecular weight excluding hydrogens is 301 g/mol. The van der Waals surface area contributed by atoms with Crippen LogP contribution in [0.2, 0.25) is 0 Å². The van der Waals surface area contributed by atoms with Gasteiger partial charge in [-0.3, -0.25) is 4.79 Å². The van der Waals surface area contributed by atoms with Crippen molar-refractivity contribution in [2.24, 2.45) is 0 Å². The van der Waals surface area contributed by atoms with Crippen molar-refractivity contribution in [3.8, 4) is 0 Å². The molecule has 0 spiro atoms. The molecule has 1 amide bonds. The summed E-state index contributed by atoms with van der Waals surface area (Å²) in [6, 6.07) is 4.54. The topological polar surface area (TPSA) is 84.2 Å². The Morgan fingerprint density at radius 1 is 1.43 bits per heavy atom. The van der Waals surface area contributed by atoms with E-state index in [1.54, 1.807) is 10.6 Å². The predicted molar refractivity (Wildman–Crippen MR) is 79.7 cm³/mol. The van der Waals surface area contributed by atoms with E-state index >= 15 is 0 Å². The van der Waals surface area contributed by atoms with Gasteiger partial charge in [-0.05, 0) is 36.1 Å². The molecule has 1 aliphatic carbocycles. The highest BCUT2D eigenvalue weighted by atomic mass is 19.1. The number of fused-ring (bicyclic) bond motifs is 1. The molecule has 1 aliphatic rings. The number of hydrogen-bond donors (Lipinski definition) is 2. The van der Waals surface area contributed by atoms with Gasteiger partial charge in [0, 0.05) is 19.3 Å². The minimum atomic E-state index is -1.08. The number of aromatic carboxylic acids is 1. The zero-order chi connectivity index (χ0) is 16.4. The van der Waals surface area contributed by atoms with Gasteiger partial charge in [-0.1, -0.05) is 6.07 Å². The van der Waals surface area contributed by atoms with E-state index < -0.39 is 5.97 Å². The molecule has 1 heterocycles. The second kappa shape index (κ2) is 6.20. The molecule has 2 N–H and O–H groups in total. The van der Waals surface area contributed by atoms with Crippen LogP contribution in [0.15, 0.2) is 30.7 Å². The van der Waals surface area contributed by atoms with Gasteiger partial charge in [-0.2, -0.15) is 0 Å². The minimum Gasteiger partial charge on any atom is -0.476 e. The van der Waals surface area contributed by atoms with E-state index in [9.17, 15) is 14.0 Å². The van der Waals surface area contributed by atoms with Gasteiger partial charge in [0.2, 0.25) is 5.91 Å². The molecule has 0 radical (unpaired) electrons. The fourth-order valence-electron chi connectivity index (χ4n) is 2.88. The molecule has 23 heavy (non-hydrogen) atoms. The molecule has 1 unspecified atom stereocenters. The monoisotopic (exact) mass is 317 g/mol. The zero-order valence-corrected chi connectivity index (χ0v) is 12.3. The Hall–Kier alpha value is -2.70. The molecule has 7 heteroatoms. The van der Waals surface area contributed by atoms with Gasteiger partial charge in [-0.25, -0.2) is 14.2 Å². The van der Waals surface area contributed by atoms with E-state index in [1.165, 1.54) is 24.7 Å². The summed E-state index contributed by atoms with van der Waals surface area (Å²) >= 11 is 0. The van der Waals surface area contributed by atoms with Crippen LogP contribution in [-0.2, 0) is 17.8 Å². The maximum absolute atomic E-state index is 13.2. The average molecular weight is 317 g/mol. The predicted octanol–water partition coefficient (Wildman–Crippen LogP) is 1.57. The second-order valence-corrected chi connectivity index (χ2v) is 5.53. The number of benzene rings is 1. The van der Waals surface area contributed by atoms with Crippen molar-refractivity contribution in [1.82, 2.24) is 14.9 Å². The number of aryl methyl sites for hydroxylation is 1. The Morgan fingerprint density at radius 2 is 2.26 bits per heavy atom. The van der Waals surface area contributed by atoms with E-state index in [1.807, 2.05) is 0 Å². The van der Waals surface area contributed by atoms with E-state index in [-0.39, 0.29) is 23.3 Å². The van der Waals surface area contributed by atoms with Crippen LogP contribution in [0.25, 0.3) is 0 Å². The molecule has 0 saturated carbocycles. The van der Waals surface area contributed by atoms with Crippen LogP contribution in [0.4, 0.5) is 4.39 Å². The molecule has 3 rings (SSSR count). The number of rotatable bonds is 5. The van der Waals surface area contributed by atoms with E-state index in [4.69, 9.17) is 5.11 Å². The van der Waals surface area contributed by atoms with Crippen molar-refractivity contribution in [3.05, 3.63) is 53.4 Å². The summed E-state index contributed by atoms with van der Waals surface area (Å²) in [7, 11) is 0. The lowest BCUT2D eigenvalue weighted by atomic mass is 10.0. The number of nitrogens with zero attached hydrogens (tertiary/aromatic N) is 2. The first-order valence-corrected chi connectivity index (χ1v) is 7.35. The summed E-state index contributed by atoms with van der Waals surface area (Å²) in [5.74, 6) is -1.70. The quantitative estimate of drug-likeness (QED) is 0.876. The average Bonchev–Trinajstić information content (AvgIpc) is 3.13. The normalized spacial score (nSPS) is 16.1. The van der Waals surface area contributed by atoms with E-state index in [0.717, 1.165) is 11.1 Å². The van der Waals surface area contributed by atoms with Crippen LogP contribution in [0.5, 0.6) is 0 Å². The van der Waals surface area contributed by atoms with Crippen molar-refractivity contribution in [1.29, 1.82) is 0 Å². The van der Waals surface area contributed by atoms with Gasteiger partial charge in [-0.15, -0.1) is 0 Å². The smallest absolute Gasteiger partial charge is 0.356 e. The molecule has 0 aliphatic heterocycles. The van der Waals surface area contributed by atoms with Gasteiger partial charge in [0.05, 0.1) is 12.2 Å². The third-order valence-corrected chi connectivity index (χ3v) is 4.02. The molecular formula is C16H16FN3O3. The minimum absolute atomic E-state index is 0.0249. The lowest BCUT2D eigenvalue weighted by Gasteiger charge is -2.12. The third kappa shape index (κ3) is 3.23. The maximum Gasteiger partial charge on any atom is 0.356 e. The van der Waals surface area contributed by atoms with E-state index in [2.05, 4.69) is 10.3 Å². The number of carboxylic acids is 1. The summed E-state index contributed by atoms with van der Waals surface area (Å²) in [6.07, 6.45) is 4.22. The van der Waals surface area contributed by atoms with Crippen LogP contribution in [0, 0.1) is 5.82 Å². The molecule has 0 fully saturated rings. The Labute approximate surface area is 132 Å². The number of hydrogen-bond acceptors (Lipinski definition) is 3. The van der Waals surface area contributed by atoms with Crippen molar-refractivity contribution in [2.45, 2.75) is 25.3 Å². The Kier molecular flexibility index (Phi) is 4.10. The van der Waals surface area contributed by atoms with Crippen molar-refractivity contribution in [3.63, 3.8) is 0 Å². The van der Waals surface area contributed by atoms with Gasteiger partial charge in [0.25, 0.3) is 0 Å². The fraction of sp³-hybridized carbons (Fsp3) is 0.312. The summed E-state index contributed by atoms with van der Waals surface area (Å²) in [4.78, 5) is 26.8. The molecule has 0 bridgehead atoms. The number of carbonyl (C=O) groups excluding carboxylic acids is 1. The van der Waals surface area contributed by atoms with Crippen molar-refractivity contribution in [2.75, 3.05) is 6.54 Å². The van der Waals surface area contributed by atoms with Gasteiger partial charge < -0.3 is 15.0 Å². The highest BCUT2D eigenvalue weighted by Gasteiger charge is 2.28. The lowest BCUT2D eigenvalue weighted by molar-refractivity contribution is -0.122. The molecule has 0 saturated heterocycles. The molecule has 1 atom stereocenters. The lowest BCUT2D eigenvalue weighted by Crippen LogP contribution is -2.31. The highest BCUT2D eigenvalue weighted by molar-refractivity contribution is 5.85. The first-order chi connectivity index (χ1) is 11.0. The summed E-state index contributed by atoms with van der Waals surface area (Å²) in [6.45, 7) is 0.816. The van der Waals surface area contributed by atoms with Crippen LogP contribution >= 0.6 is 0 Å². The van der Waals surface area contributed by atoms with Crippen LogP contribution in [0.1, 0.15) is 34.0 Å². The number of nitrogens with one attached hydrogen (secondary N) is 1. The van der Waals surface area contributed by atoms with Crippen molar-refractivity contribution < 1.29 is 19.1 Å². The van der Waals surface area contributed by atoms with E-state index in [0.29, 0.717) is 25.9 Å².